The Bertz CT molecular complexity index is 829. The third-order valence-corrected chi connectivity index (χ3v) is 8.08. The van der Waals surface area contributed by atoms with Gasteiger partial charge in [0, 0.05) is 26.2 Å². The van der Waals surface area contributed by atoms with E-state index in [9.17, 15) is 0 Å². The van der Waals surface area contributed by atoms with Crippen LogP contribution in [0.4, 0.5) is 0 Å². The van der Waals surface area contributed by atoms with E-state index in [0.717, 1.165) is 39.6 Å². The average Bonchev–Trinajstić information content (AvgIpc) is 3.01. The zero-order valence-electron chi connectivity index (χ0n) is 27.9. The highest BCUT2D eigenvalue weighted by molar-refractivity contribution is 5.64. The molecule has 0 fully saturated rings. The first kappa shape index (κ1) is 36.5. The zero-order chi connectivity index (χ0) is 30.1. The molecule has 0 saturated heterocycles. The molecule has 0 aliphatic heterocycles. The maximum Gasteiger partial charge on any atom is 0.0994 e. The molecule has 0 unspecified atom stereocenters. The Kier molecular flexibility index (Phi) is 21.4. The van der Waals surface area contributed by atoms with E-state index in [4.69, 9.17) is 9.47 Å². The summed E-state index contributed by atoms with van der Waals surface area (Å²) in [5.74, 6) is 0. The topological polar surface area (TPSA) is 24.9 Å². The van der Waals surface area contributed by atoms with Crippen LogP contribution >= 0.6 is 0 Å². The van der Waals surface area contributed by atoms with Crippen LogP contribution in [0.1, 0.15) is 129 Å². The Balaban J connectivity index is 1.87. The second kappa shape index (κ2) is 24.7. The van der Waals surface area contributed by atoms with Crippen LogP contribution in [-0.2, 0) is 22.7 Å². The Morgan fingerprint density at radius 2 is 0.810 bits per heavy atom. The number of rotatable bonds is 27. The SMILES string of the molecule is CCCCCCN(CCCCC)COCc1cccc(-c2cccc(COCN(CCCCC)CCCCCC)c2)c1. The molecular formula is C38H64N2O2. The molecule has 0 radical (unpaired) electrons. The molecule has 4 nitrogen and oxygen atoms in total. The fourth-order valence-corrected chi connectivity index (χ4v) is 5.44. The van der Waals surface area contributed by atoms with Crippen LogP contribution < -0.4 is 0 Å². The smallest absolute Gasteiger partial charge is 0.0994 e. The van der Waals surface area contributed by atoms with Gasteiger partial charge in [-0.1, -0.05) is 128 Å². The summed E-state index contributed by atoms with van der Waals surface area (Å²) in [4.78, 5) is 5.02. The quantitative estimate of drug-likeness (QED) is 0.0775. The molecule has 0 aromatic heterocycles. The van der Waals surface area contributed by atoms with Crippen LogP contribution in [0.25, 0.3) is 11.1 Å². The van der Waals surface area contributed by atoms with Gasteiger partial charge in [0.25, 0.3) is 0 Å². The number of unbranched alkanes of at least 4 members (excludes halogenated alkanes) is 10. The lowest BCUT2D eigenvalue weighted by Gasteiger charge is -2.22. The maximum atomic E-state index is 6.24. The second-order valence-electron chi connectivity index (χ2n) is 12.1. The van der Waals surface area contributed by atoms with Crippen molar-refractivity contribution in [2.75, 3.05) is 39.6 Å². The molecule has 0 saturated carbocycles. The van der Waals surface area contributed by atoms with Gasteiger partial charge >= 0.3 is 0 Å². The molecule has 42 heavy (non-hydrogen) atoms. The first-order valence-corrected chi connectivity index (χ1v) is 17.5. The molecule has 0 aliphatic carbocycles. The largest absolute Gasteiger partial charge is 0.361 e. The molecule has 2 aromatic rings. The highest BCUT2D eigenvalue weighted by Crippen LogP contribution is 2.23. The number of hydrogen-bond acceptors (Lipinski definition) is 4. The van der Waals surface area contributed by atoms with E-state index >= 15 is 0 Å². The molecule has 238 valence electrons. The third kappa shape index (κ3) is 16.8. The molecule has 0 N–H and O–H groups in total. The van der Waals surface area contributed by atoms with Crippen molar-refractivity contribution in [2.24, 2.45) is 0 Å². The molecule has 0 amide bonds. The van der Waals surface area contributed by atoms with Crippen LogP contribution in [0.15, 0.2) is 48.5 Å². The minimum atomic E-state index is 0.655. The van der Waals surface area contributed by atoms with Crippen molar-refractivity contribution >= 4 is 0 Å². The first-order chi connectivity index (χ1) is 20.7. The van der Waals surface area contributed by atoms with Crippen molar-refractivity contribution < 1.29 is 9.47 Å². The fourth-order valence-electron chi connectivity index (χ4n) is 5.44. The molecular weight excluding hydrogens is 516 g/mol. The average molecular weight is 581 g/mol. The molecule has 2 aromatic carbocycles. The summed E-state index contributed by atoms with van der Waals surface area (Å²) in [6.45, 7) is 16.4. The predicted octanol–water partition coefficient (Wildman–Crippen LogP) is 10.4. The van der Waals surface area contributed by atoms with Crippen LogP contribution in [0, 0.1) is 0 Å². The van der Waals surface area contributed by atoms with E-state index in [1.807, 2.05) is 0 Å². The van der Waals surface area contributed by atoms with Crippen molar-refractivity contribution in [1.82, 2.24) is 9.80 Å². The van der Waals surface area contributed by atoms with E-state index in [1.165, 1.54) is 112 Å². The van der Waals surface area contributed by atoms with Crippen molar-refractivity contribution in [1.29, 1.82) is 0 Å². The Morgan fingerprint density at radius 3 is 1.19 bits per heavy atom. The standard InChI is InChI=1S/C38H64N2O2/c1-5-9-13-17-27-39(25-15-11-7-3)33-41-31-35-21-19-23-37(29-35)38-24-20-22-36(30-38)32-42-34-40(26-16-12-8-4)28-18-14-10-6-2/h19-24,29-30H,5-18,25-28,31-34H2,1-4H3. The lowest BCUT2D eigenvalue weighted by Crippen LogP contribution is -2.28. The summed E-state index contributed by atoms with van der Waals surface area (Å²) in [5, 5.41) is 0. The number of benzene rings is 2. The Labute approximate surface area is 260 Å². The van der Waals surface area contributed by atoms with Gasteiger partial charge in [0.05, 0.1) is 26.7 Å². The number of nitrogens with zero attached hydrogens (tertiary/aromatic N) is 2. The summed E-state index contributed by atoms with van der Waals surface area (Å²) in [5.41, 5.74) is 4.96. The molecule has 0 heterocycles. The molecule has 2 rings (SSSR count). The van der Waals surface area contributed by atoms with Gasteiger partial charge in [-0.05, 0) is 60.1 Å². The molecule has 0 aliphatic rings. The van der Waals surface area contributed by atoms with Gasteiger partial charge in [0.2, 0.25) is 0 Å². The molecule has 4 heteroatoms. The highest BCUT2D eigenvalue weighted by Gasteiger charge is 2.08. The minimum absolute atomic E-state index is 0.655. The highest BCUT2D eigenvalue weighted by atomic mass is 16.5. The van der Waals surface area contributed by atoms with Gasteiger partial charge in [-0.3, -0.25) is 9.80 Å². The predicted molar refractivity (Wildman–Crippen MR) is 182 cm³/mol. The van der Waals surface area contributed by atoms with Crippen LogP contribution in [0.5, 0.6) is 0 Å². The summed E-state index contributed by atoms with van der Waals surface area (Å²) in [7, 11) is 0. The molecule has 0 bridgehead atoms. The summed E-state index contributed by atoms with van der Waals surface area (Å²) in [6, 6.07) is 17.7. The van der Waals surface area contributed by atoms with Gasteiger partial charge in [0.1, 0.15) is 0 Å². The van der Waals surface area contributed by atoms with Crippen molar-refractivity contribution in [3.8, 4) is 11.1 Å². The lowest BCUT2D eigenvalue weighted by molar-refractivity contribution is 0.0168. The zero-order valence-corrected chi connectivity index (χ0v) is 27.9. The van der Waals surface area contributed by atoms with E-state index < -0.39 is 0 Å². The lowest BCUT2D eigenvalue weighted by atomic mass is 10.0. The Morgan fingerprint density at radius 1 is 0.452 bits per heavy atom. The first-order valence-electron chi connectivity index (χ1n) is 17.5. The molecule has 0 atom stereocenters. The maximum absolute atomic E-state index is 6.24. The summed E-state index contributed by atoms with van der Waals surface area (Å²) < 4.78 is 12.5. The van der Waals surface area contributed by atoms with Crippen molar-refractivity contribution in [2.45, 2.75) is 131 Å². The summed E-state index contributed by atoms with van der Waals surface area (Å²) >= 11 is 0. The Hall–Kier alpha value is -1.72. The van der Waals surface area contributed by atoms with Gasteiger partial charge < -0.3 is 9.47 Å². The van der Waals surface area contributed by atoms with Crippen LogP contribution in [0.2, 0.25) is 0 Å². The van der Waals surface area contributed by atoms with Crippen LogP contribution in [0.3, 0.4) is 0 Å². The number of hydrogen-bond donors (Lipinski definition) is 0. The second-order valence-corrected chi connectivity index (χ2v) is 12.1. The molecule has 0 spiro atoms. The third-order valence-electron chi connectivity index (χ3n) is 8.08. The minimum Gasteiger partial charge on any atom is -0.361 e. The van der Waals surface area contributed by atoms with E-state index in [-0.39, 0.29) is 0 Å². The van der Waals surface area contributed by atoms with Gasteiger partial charge in [-0.15, -0.1) is 0 Å². The monoisotopic (exact) mass is 580 g/mol. The van der Waals surface area contributed by atoms with Crippen molar-refractivity contribution in [3.05, 3.63) is 59.7 Å². The van der Waals surface area contributed by atoms with Crippen LogP contribution in [-0.4, -0.2) is 49.4 Å². The van der Waals surface area contributed by atoms with Gasteiger partial charge in [0.15, 0.2) is 0 Å². The normalized spacial score (nSPS) is 11.7. The van der Waals surface area contributed by atoms with Crippen molar-refractivity contribution in [3.63, 3.8) is 0 Å². The van der Waals surface area contributed by atoms with E-state index in [2.05, 4.69) is 86.0 Å². The van der Waals surface area contributed by atoms with Gasteiger partial charge in [-0.2, -0.15) is 0 Å². The fraction of sp³-hybridized carbons (Fsp3) is 0.684. The summed E-state index contributed by atoms with van der Waals surface area (Å²) in [6.07, 6.45) is 18.1. The van der Waals surface area contributed by atoms with E-state index in [1.54, 1.807) is 0 Å². The van der Waals surface area contributed by atoms with Gasteiger partial charge in [-0.25, -0.2) is 0 Å². The van der Waals surface area contributed by atoms with E-state index in [0.29, 0.717) is 13.2 Å². The number of ether oxygens (including phenoxy) is 2.